The first kappa shape index (κ1) is 23.7. The Morgan fingerprint density at radius 1 is 1.09 bits per heavy atom. The first-order valence-electron chi connectivity index (χ1n) is 11.1. The van der Waals surface area contributed by atoms with Crippen LogP contribution >= 0.6 is 0 Å². The molecule has 180 valence electrons. The standard InChI is InChI=1S/C26H29N7O2/c1-17-13-28-26(30-17)16-33(21-9-22(34-5)12-23(10-21)35-6)20-7-8-24(27-3)25(11-20)31-18(2)19-14-29-32(4)15-19/h7-15H,3,16H2,1-2,4-6H3,(H,28,30)/b31-18+. The molecule has 0 fully saturated rings. The second kappa shape index (κ2) is 10.3. The predicted octanol–water partition coefficient (Wildman–Crippen LogP) is 5.28. The van der Waals surface area contributed by atoms with Gasteiger partial charge >= 0.3 is 0 Å². The van der Waals surface area contributed by atoms with E-state index in [2.05, 4.69) is 31.7 Å². The van der Waals surface area contributed by atoms with Crippen molar-refractivity contribution >= 4 is 35.2 Å². The van der Waals surface area contributed by atoms with E-state index in [9.17, 15) is 0 Å². The van der Waals surface area contributed by atoms with Gasteiger partial charge in [-0.1, -0.05) is 0 Å². The molecular formula is C26H29N7O2. The maximum absolute atomic E-state index is 5.52. The SMILES string of the molecule is C=Nc1ccc(N(Cc2nc(C)c[nH]2)c2cc(OC)cc(OC)c2)cc1/N=C(\C)c1cnn(C)c1. The van der Waals surface area contributed by atoms with Crippen LogP contribution < -0.4 is 14.4 Å². The van der Waals surface area contributed by atoms with Crippen LogP contribution in [-0.4, -0.2) is 46.4 Å². The molecule has 35 heavy (non-hydrogen) atoms. The first-order valence-corrected chi connectivity index (χ1v) is 11.1. The highest BCUT2D eigenvalue weighted by molar-refractivity contribution is 6.00. The molecule has 0 unspecified atom stereocenters. The van der Waals surface area contributed by atoms with E-state index in [-0.39, 0.29) is 0 Å². The Labute approximate surface area is 204 Å². The number of aryl methyl sites for hydroxylation is 2. The van der Waals surface area contributed by atoms with Gasteiger partial charge in [0.05, 0.1) is 44.0 Å². The number of aliphatic imine (C=N–C) groups is 2. The second-order valence-corrected chi connectivity index (χ2v) is 8.08. The maximum Gasteiger partial charge on any atom is 0.126 e. The third-order valence-electron chi connectivity index (χ3n) is 5.57. The number of benzene rings is 2. The Morgan fingerprint density at radius 2 is 1.83 bits per heavy atom. The van der Waals surface area contributed by atoms with Crippen molar-refractivity contribution in [1.29, 1.82) is 0 Å². The lowest BCUT2D eigenvalue weighted by Crippen LogP contribution is -2.17. The van der Waals surface area contributed by atoms with Crippen molar-refractivity contribution in [2.75, 3.05) is 19.1 Å². The number of nitrogens with one attached hydrogen (secondary N) is 1. The lowest BCUT2D eigenvalue weighted by molar-refractivity contribution is 0.394. The van der Waals surface area contributed by atoms with Crippen molar-refractivity contribution in [1.82, 2.24) is 19.7 Å². The van der Waals surface area contributed by atoms with Gasteiger partial charge in [0.25, 0.3) is 0 Å². The van der Waals surface area contributed by atoms with Crippen molar-refractivity contribution in [3.8, 4) is 11.5 Å². The van der Waals surface area contributed by atoms with E-state index in [4.69, 9.17) is 14.5 Å². The summed E-state index contributed by atoms with van der Waals surface area (Å²) in [5.41, 5.74) is 5.87. The summed E-state index contributed by atoms with van der Waals surface area (Å²) >= 11 is 0. The third-order valence-corrected chi connectivity index (χ3v) is 5.57. The Balaban J connectivity index is 1.82. The number of hydrogen-bond donors (Lipinski definition) is 1. The summed E-state index contributed by atoms with van der Waals surface area (Å²) in [5.74, 6) is 2.21. The van der Waals surface area contributed by atoms with Gasteiger partial charge in [0.2, 0.25) is 0 Å². The fraction of sp³-hybridized carbons (Fsp3) is 0.231. The quantitative estimate of drug-likeness (QED) is 0.335. The minimum absolute atomic E-state index is 0.496. The van der Waals surface area contributed by atoms with E-state index in [0.717, 1.165) is 34.2 Å². The number of methoxy groups -OCH3 is 2. The van der Waals surface area contributed by atoms with Crippen LogP contribution in [0, 0.1) is 6.92 Å². The normalized spacial score (nSPS) is 11.4. The van der Waals surface area contributed by atoms with Crippen LogP contribution in [0.4, 0.5) is 22.7 Å². The Hall–Kier alpha value is -4.40. The summed E-state index contributed by atoms with van der Waals surface area (Å²) in [6.45, 7) is 8.13. The van der Waals surface area contributed by atoms with Crippen LogP contribution in [0.15, 0.2) is 65.0 Å². The van der Waals surface area contributed by atoms with Crippen molar-refractivity contribution in [3.05, 3.63) is 72.1 Å². The molecule has 0 aliphatic rings. The molecule has 2 heterocycles. The van der Waals surface area contributed by atoms with Crippen LogP contribution in [-0.2, 0) is 13.6 Å². The highest BCUT2D eigenvalue weighted by Crippen LogP contribution is 2.38. The van der Waals surface area contributed by atoms with E-state index in [1.54, 1.807) is 25.1 Å². The lowest BCUT2D eigenvalue weighted by Gasteiger charge is -2.25. The van der Waals surface area contributed by atoms with E-state index in [1.807, 2.05) is 69.7 Å². The number of hydrogen-bond acceptors (Lipinski definition) is 7. The van der Waals surface area contributed by atoms with Crippen LogP contribution in [0.3, 0.4) is 0 Å². The predicted molar refractivity (Wildman–Crippen MR) is 139 cm³/mol. The summed E-state index contributed by atoms with van der Waals surface area (Å²) in [5, 5.41) is 4.25. The zero-order chi connectivity index (χ0) is 24.9. The molecule has 0 spiro atoms. The van der Waals surface area contributed by atoms with Gasteiger partial charge in [-0.2, -0.15) is 5.10 Å². The molecule has 0 aliphatic heterocycles. The molecule has 0 bridgehead atoms. The van der Waals surface area contributed by atoms with Gasteiger partial charge < -0.3 is 19.4 Å². The smallest absolute Gasteiger partial charge is 0.126 e. The topological polar surface area (TPSA) is 92.9 Å². The van der Waals surface area contributed by atoms with Gasteiger partial charge in [-0.15, -0.1) is 0 Å². The van der Waals surface area contributed by atoms with E-state index in [0.29, 0.717) is 29.4 Å². The highest BCUT2D eigenvalue weighted by atomic mass is 16.5. The molecule has 4 aromatic rings. The van der Waals surface area contributed by atoms with E-state index in [1.165, 1.54) is 0 Å². The minimum atomic E-state index is 0.496. The maximum atomic E-state index is 5.52. The van der Waals surface area contributed by atoms with Crippen molar-refractivity contribution in [3.63, 3.8) is 0 Å². The molecule has 9 heteroatoms. The van der Waals surface area contributed by atoms with Crippen LogP contribution in [0.5, 0.6) is 11.5 Å². The molecule has 0 aliphatic carbocycles. The monoisotopic (exact) mass is 471 g/mol. The van der Waals surface area contributed by atoms with Crippen LogP contribution in [0.25, 0.3) is 0 Å². The molecular weight excluding hydrogens is 442 g/mol. The first-order chi connectivity index (χ1) is 16.9. The molecule has 2 aromatic heterocycles. The van der Waals surface area contributed by atoms with Crippen LogP contribution in [0.1, 0.15) is 24.0 Å². The molecule has 0 saturated heterocycles. The number of H-pyrrole nitrogens is 1. The number of rotatable bonds is 9. The van der Waals surface area contributed by atoms with Crippen molar-refractivity contribution < 1.29 is 9.47 Å². The Kier molecular flexibility index (Phi) is 6.96. The number of imidazole rings is 1. The molecule has 0 atom stereocenters. The van der Waals surface area contributed by atoms with Gasteiger partial charge in [-0.05, 0) is 38.8 Å². The minimum Gasteiger partial charge on any atom is -0.497 e. The van der Waals surface area contributed by atoms with Gasteiger partial charge in [0.15, 0.2) is 0 Å². The Morgan fingerprint density at radius 3 is 2.40 bits per heavy atom. The van der Waals surface area contributed by atoms with Gasteiger partial charge in [0, 0.05) is 60.3 Å². The molecule has 0 saturated carbocycles. The summed E-state index contributed by atoms with van der Waals surface area (Å²) in [7, 11) is 5.15. The Bertz CT molecular complexity index is 1350. The van der Waals surface area contributed by atoms with Crippen LogP contribution in [0.2, 0.25) is 0 Å². The number of aromatic amines is 1. The van der Waals surface area contributed by atoms with Gasteiger partial charge in [0.1, 0.15) is 17.3 Å². The number of nitrogens with zero attached hydrogens (tertiary/aromatic N) is 6. The summed E-state index contributed by atoms with van der Waals surface area (Å²) < 4.78 is 12.8. The number of anilines is 2. The summed E-state index contributed by atoms with van der Waals surface area (Å²) in [6.07, 6.45) is 5.60. The number of ether oxygens (including phenoxy) is 2. The largest absolute Gasteiger partial charge is 0.497 e. The van der Waals surface area contributed by atoms with Crippen molar-refractivity contribution in [2.45, 2.75) is 20.4 Å². The van der Waals surface area contributed by atoms with E-state index >= 15 is 0 Å². The van der Waals surface area contributed by atoms with E-state index < -0.39 is 0 Å². The van der Waals surface area contributed by atoms with Gasteiger partial charge in [-0.25, -0.2) is 4.98 Å². The molecule has 0 amide bonds. The fourth-order valence-electron chi connectivity index (χ4n) is 3.73. The van der Waals surface area contributed by atoms with Gasteiger partial charge in [-0.3, -0.25) is 14.7 Å². The molecule has 0 radical (unpaired) electrons. The molecule has 2 aromatic carbocycles. The molecule has 4 rings (SSSR count). The zero-order valence-electron chi connectivity index (χ0n) is 20.6. The highest BCUT2D eigenvalue weighted by Gasteiger charge is 2.17. The molecule has 9 nitrogen and oxygen atoms in total. The second-order valence-electron chi connectivity index (χ2n) is 8.08. The van der Waals surface area contributed by atoms with Crippen molar-refractivity contribution in [2.24, 2.45) is 17.0 Å². The lowest BCUT2D eigenvalue weighted by atomic mass is 10.1. The average molecular weight is 472 g/mol. The summed E-state index contributed by atoms with van der Waals surface area (Å²) in [6, 6.07) is 11.7. The zero-order valence-corrected chi connectivity index (χ0v) is 20.6. The third kappa shape index (κ3) is 5.40. The summed E-state index contributed by atoms with van der Waals surface area (Å²) in [4.78, 5) is 19.0. The molecule has 1 N–H and O–H groups in total. The fourth-order valence-corrected chi connectivity index (χ4v) is 3.73. The number of aromatic nitrogens is 4. The average Bonchev–Trinajstić information content (AvgIpc) is 3.49.